The highest BCUT2D eigenvalue weighted by Crippen LogP contribution is 2.40. The monoisotopic (exact) mass is 308 g/mol. The lowest BCUT2D eigenvalue weighted by molar-refractivity contribution is 0.414. The topological polar surface area (TPSA) is 42.7 Å². The molecule has 5 nitrogen and oxygen atoms in total. The number of hydrogen-bond acceptors (Lipinski definition) is 4. The lowest BCUT2D eigenvalue weighted by Crippen LogP contribution is -2.18. The van der Waals surface area contributed by atoms with Crippen molar-refractivity contribution in [1.82, 2.24) is 14.6 Å². The third kappa shape index (κ3) is 2.74. The Hall–Kier alpha value is -2.56. The molecule has 1 aromatic carbocycles. The van der Waals surface area contributed by atoms with E-state index in [-0.39, 0.29) is 0 Å². The number of benzene rings is 1. The van der Waals surface area contributed by atoms with Crippen LogP contribution >= 0.6 is 0 Å². The van der Waals surface area contributed by atoms with Crippen LogP contribution in [0.1, 0.15) is 30.0 Å². The molecule has 2 heterocycles. The lowest BCUT2D eigenvalue weighted by Gasteiger charge is -2.19. The average Bonchev–Trinajstić information content (AvgIpc) is 3.34. The van der Waals surface area contributed by atoms with Crippen molar-refractivity contribution in [3.8, 4) is 5.75 Å². The predicted molar refractivity (Wildman–Crippen MR) is 90.1 cm³/mol. The van der Waals surface area contributed by atoms with Gasteiger partial charge in [-0.15, -0.1) is 0 Å². The minimum atomic E-state index is 0.648. The first-order chi connectivity index (χ1) is 11.2. The molecular formula is C18H20N4O. The van der Waals surface area contributed by atoms with Crippen LogP contribution in [0.25, 0.3) is 5.52 Å². The molecule has 0 spiro atoms. The fourth-order valence-electron chi connectivity index (χ4n) is 2.88. The number of hydrogen-bond donors (Lipinski definition) is 0. The molecular weight excluding hydrogens is 288 g/mol. The van der Waals surface area contributed by atoms with Gasteiger partial charge >= 0.3 is 0 Å². The number of ether oxygens (including phenoxy) is 1. The van der Waals surface area contributed by atoms with E-state index < -0.39 is 0 Å². The molecule has 1 aliphatic rings. The number of anilines is 1. The van der Waals surface area contributed by atoms with Crippen LogP contribution in [-0.4, -0.2) is 28.8 Å². The van der Waals surface area contributed by atoms with Gasteiger partial charge in [-0.2, -0.15) is 5.10 Å². The average molecular weight is 308 g/mol. The highest BCUT2D eigenvalue weighted by atomic mass is 16.5. The summed E-state index contributed by atoms with van der Waals surface area (Å²) in [5.74, 6) is 2.49. The summed E-state index contributed by atoms with van der Waals surface area (Å²) in [6.07, 6.45) is 6.26. The Balaban J connectivity index is 1.61. The van der Waals surface area contributed by atoms with E-state index in [2.05, 4.69) is 40.2 Å². The van der Waals surface area contributed by atoms with E-state index in [1.165, 1.54) is 24.1 Å². The second-order valence-corrected chi connectivity index (χ2v) is 6.13. The summed E-state index contributed by atoms with van der Waals surface area (Å²) in [6.45, 7) is 0.792. The predicted octanol–water partition coefficient (Wildman–Crippen LogP) is 3.25. The molecule has 23 heavy (non-hydrogen) atoms. The molecule has 0 amide bonds. The summed E-state index contributed by atoms with van der Waals surface area (Å²) >= 11 is 0. The quantitative estimate of drug-likeness (QED) is 0.725. The van der Waals surface area contributed by atoms with Crippen molar-refractivity contribution in [1.29, 1.82) is 0 Å². The van der Waals surface area contributed by atoms with E-state index in [4.69, 9.17) is 4.74 Å². The molecule has 4 rings (SSSR count). The van der Waals surface area contributed by atoms with Gasteiger partial charge in [0.05, 0.1) is 12.8 Å². The highest BCUT2D eigenvalue weighted by Gasteiger charge is 2.27. The van der Waals surface area contributed by atoms with E-state index in [9.17, 15) is 0 Å². The van der Waals surface area contributed by atoms with Gasteiger partial charge in [-0.3, -0.25) is 0 Å². The molecule has 5 heteroatoms. The molecule has 0 N–H and O–H groups in total. The fourth-order valence-corrected chi connectivity index (χ4v) is 2.88. The summed E-state index contributed by atoms with van der Waals surface area (Å²) in [7, 11) is 3.75. The Labute approximate surface area is 135 Å². The first kappa shape index (κ1) is 14.1. The number of rotatable bonds is 5. The third-order valence-electron chi connectivity index (χ3n) is 4.32. The Morgan fingerprint density at radius 1 is 1.26 bits per heavy atom. The van der Waals surface area contributed by atoms with Crippen molar-refractivity contribution < 1.29 is 4.74 Å². The maximum Gasteiger partial charge on any atom is 0.154 e. The van der Waals surface area contributed by atoms with Gasteiger partial charge in [-0.1, -0.05) is 12.1 Å². The van der Waals surface area contributed by atoms with Gasteiger partial charge in [0.1, 0.15) is 11.3 Å². The molecule has 0 saturated heterocycles. The summed E-state index contributed by atoms with van der Waals surface area (Å²) in [5.41, 5.74) is 3.49. The van der Waals surface area contributed by atoms with Crippen molar-refractivity contribution in [2.75, 3.05) is 19.1 Å². The summed E-state index contributed by atoms with van der Waals surface area (Å²) < 4.78 is 7.15. The standard InChI is InChI=1S/C18H20N4O/c1-21(12-13-3-7-15(23-2)8-4-13)18-17-11-16(14-5-6-14)20-22(17)10-9-19-18/h3-4,7-11,14H,5-6,12H2,1-2H3. The molecule has 3 aromatic rings. The highest BCUT2D eigenvalue weighted by molar-refractivity contribution is 5.69. The Morgan fingerprint density at radius 3 is 2.74 bits per heavy atom. The van der Waals surface area contributed by atoms with E-state index >= 15 is 0 Å². The van der Waals surface area contributed by atoms with Gasteiger partial charge in [0.25, 0.3) is 0 Å². The number of methoxy groups -OCH3 is 1. The summed E-state index contributed by atoms with van der Waals surface area (Å²) in [5, 5.41) is 4.68. The summed E-state index contributed by atoms with van der Waals surface area (Å²) in [4.78, 5) is 6.73. The SMILES string of the molecule is COc1ccc(CN(C)c2nccn3nc(C4CC4)cc23)cc1. The van der Waals surface area contributed by atoms with Crippen LogP contribution in [0.2, 0.25) is 0 Å². The fraction of sp³-hybridized carbons (Fsp3) is 0.333. The van der Waals surface area contributed by atoms with Crippen LogP contribution < -0.4 is 9.64 Å². The van der Waals surface area contributed by atoms with Crippen LogP contribution in [0.15, 0.2) is 42.7 Å². The number of fused-ring (bicyclic) bond motifs is 1. The van der Waals surface area contributed by atoms with Gasteiger partial charge in [0, 0.05) is 31.9 Å². The van der Waals surface area contributed by atoms with Gasteiger partial charge in [0.15, 0.2) is 5.82 Å². The Morgan fingerprint density at radius 2 is 2.04 bits per heavy atom. The number of nitrogens with zero attached hydrogens (tertiary/aromatic N) is 4. The van der Waals surface area contributed by atoms with E-state index in [1.54, 1.807) is 7.11 Å². The van der Waals surface area contributed by atoms with E-state index in [0.29, 0.717) is 5.92 Å². The first-order valence-corrected chi connectivity index (χ1v) is 7.93. The Kier molecular flexibility index (Phi) is 3.41. The van der Waals surface area contributed by atoms with Crippen molar-refractivity contribution in [3.05, 3.63) is 54.0 Å². The minimum Gasteiger partial charge on any atom is -0.497 e. The zero-order chi connectivity index (χ0) is 15.8. The van der Waals surface area contributed by atoms with Crippen LogP contribution in [0.4, 0.5) is 5.82 Å². The van der Waals surface area contributed by atoms with Crippen molar-refractivity contribution in [2.45, 2.75) is 25.3 Å². The molecule has 1 aliphatic carbocycles. The number of aromatic nitrogens is 3. The van der Waals surface area contributed by atoms with Crippen LogP contribution in [-0.2, 0) is 6.54 Å². The second kappa shape index (κ2) is 5.57. The molecule has 1 fully saturated rings. The zero-order valence-corrected chi connectivity index (χ0v) is 13.4. The molecule has 0 atom stereocenters. The van der Waals surface area contributed by atoms with Crippen LogP contribution in [0.3, 0.4) is 0 Å². The van der Waals surface area contributed by atoms with Gasteiger partial charge < -0.3 is 9.64 Å². The summed E-state index contributed by atoms with van der Waals surface area (Å²) in [6, 6.07) is 10.3. The maximum atomic E-state index is 5.21. The van der Waals surface area contributed by atoms with Crippen LogP contribution in [0, 0.1) is 0 Å². The molecule has 0 radical (unpaired) electrons. The second-order valence-electron chi connectivity index (χ2n) is 6.13. The largest absolute Gasteiger partial charge is 0.497 e. The molecule has 118 valence electrons. The lowest BCUT2D eigenvalue weighted by atomic mass is 10.2. The van der Waals surface area contributed by atoms with Crippen molar-refractivity contribution >= 4 is 11.3 Å². The Bertz CT molecular complexity index is 821. The van der Waals surface area contributed by atoms with Crippen molar-refractivity contribution in [2.24, 2.45) is 0 Å². The van der Waals surface area contributed by atoms with Gasteiger partial charge in [0.2, 0.25) is 0 Å². The molecule has 1 saturated carbocycles. The van der Waals surface area contributed by atoms with E-state index in [1.807, 2.05) is 29.0 Å². The molecule has 2 aromatic heterocycles. The van der Waals surface area contributed by atoms with Crippen molar-refractivity contribution in [3.63, 3.8) is 0 Å². The van der Waals surface area contributed by atoms with Gasteiger partial charge in [-0.25, -0.2) is 9.50 Å². The molecule has 0 bridgehead atoms. The van der Waals surface area contributed by atoms with Gasteiger partial charge in [-0.05, 0) is 36.6 Å². The minimum absolute atomic E-state index is 0.648. The van der Waals surface area contributed by atoms with Crippen LogP contribution in [0.5, 0.6) is 5.75 Å². The first-order valence-electron chi connectivity index (χ1n) is 7.93. The zero-order valence-electron chi connectivity index (χ0n) is 13.4. The third-order valence-corrected chi connectivity index (χ3v) is 4.32. The normalized spacial score (nSPS) is 14.2. The maximum absolute atomic E-state index is 5.21. The van der Waals surface area contributed by atoms with E-state index in [0.717, 1.165) is 23.6 Å². The molecule has 0 unspecified atom stereocenters. The smallest absolute Gasteiger partial charge is 0.154 e. The molecule has 0 aliphatic heterocycles.